The van der Waals surface area contributed by atoms with Crippen LogP contribution in [0.15, 0.2) is 12.4 Å². The molecule has 1 unspecified atom stereocenters. The lowest BCUT2D eigenvalue weighted by Gasteiger charge is -2.36. The van der Waals surface area contributed by atoms with Crippen LogP contribution < -0.4 is 10.6 Å². The first kappa shape index (κ1) is 25.9. The molecule has 3 aromatic heterocycles. The zero-order valence-corrected chi connectivity index (χ0v) is 22.5. The maximum atomic E-state index is 12.0. The molecule has 2 fully saturated rings. The molecule has 5 heterocycles. The van der Waals surface area contributed by atoms with Crippen molar-refractivity contribution in [3.05, 3.63) is 22.8 Å². The van der Waals surface area contributed by atoms with Gasteiger partial charge in [0.05, 0.1) is 29.0 Å². The zero-order valence-electron chi connectivity index (χ0n) is 20.8. The predicted octanol–water partition coefficient (Wildman–Crippen LogP) is 0.563. The molecule has 0 saturated carbocycles. The highest BCUT2D eigenvalue weighted by Gasteiger charge is 2.31. The molecule has 2 saturated heterocycles. The third-order valence-corrected chi connectivity index (χ3v) is 9.32. The third-order valence-electron chi connectivity index (χ3n) is 6.78. The number of carbonyl (C=O) groups is 1. The van der Waals surface area contributed by atoms with Crippen molar-refractivity contribution in [2.45, 2.75) is 18.8 Å². The van der Waals surface area contributed by atoms with E-state index in [1.165, 1.54) is 4.88 Å². The van der Waals surface area contributed by atoms with Crippen molar-refractivity contribution in [3.8, 4) is 11.4 Å². The number of sulfone groups is 1. The number of morpholine rings is 1. The summed E-state index contributed by atoms with van der Waals surface area (Å²) in [5.74, 6) is 1.63. The number of hydrogen-bond acceptors (Lipinski definition) is 13. The summed E-state index contributed by atoms with van der Waals surface area (Å²) in [5.41, 5.74) is 8.37. The molecule has 12 nitrogen and oxygen atoms in total. The predicted molar refractivity (Wildman–Crippen MR) is 142 cm³/mol. The summed E-state index contributed by atoms with van der Waals surface area (Å²) in [6, 6.07) is 0. The van der Waals surface area contributed by atoms with Crippen molar-refractivity contribution in [1.29, 1.82) is 0 Å². The molecule has 1 atom stereocenters. The molecule has 37 heavy (non-hydrogen) atoms. The fourth-order valence-electron chi connectivity index (χ4n) is 4.68. The minimum atomic E-state index is -3.46. The van der Waals surface area contributed by atoms with E-state index in [-0.39, 0.29) is 5.95 Å². The van der Waals surface area contributed by atoms with Crippen molar-refractivity contribution < 1.29 is 17.9 Å². The van der Waals surface area contributed by atoms with Gasteiger partial charge in [-0.2, -0.15) is 0 Å². The Labute approximate surface area is 219 Å². The first-order valence-corrected chi connectivity index (χ1v) is 14.8. The van der Waals surface area contributed by atoms with Crippen molar-refractivity contribution in [2.75, 3.05) is 69.4 Å². The maximum absolute atomic E-state index is 12.0. The van der Waals surface area contributed by atoms with E-state index in [1.807, 2.05) is 0 Å². The second kappa shape index (κ2) is 10.5. The Morgan fingerprint density at radius 1 is 1.11 bits per heavy atom. The number of nitrogens with zero attached hydrogens (tertiary/aromatic N) is 7. The van der Waals surface area contributed by atoms with E-state index in [0.29, 0.717) is 63.6 Å². The maximum Gasteiger partial charge on any atom is 0.219 e. The van der Waals surface area contributed by atoms with Crippen LogP contribution in [-0.2, 0) is 25.9 Å². The van der Waals surface area contributed by atoms with Crippen molar-refractivity contribution in [2.24, 2.45) is 0 Å². The van der Waals surface area contributed by atoms with E-state index in [2.05, 4.69) is 26.7 Å². The van der Waals surface area contributed by atoms with Gasteiger partial charge in [0, 0.05) is 69.3 Å². The highest BCUT2D eigenvalue weighted by Crippen LogP contribution is 2.38. The average molecular weight is 547 g/mol. The smallest absolute Gasteiger partial charge is 0.219 e. The van der Waals surface area contributed by atoms with Crippen LogP contribution in [0.25, 0.3) is 21.6 Å². The normalized spacial score (nSPS) is 18.8. The van der Waals surface area contributed by atoms with Gasteiger partial charge in [-0.15, -0.1) is 11.3 Å². The molecule has 2 N–H and O–H groups in total. The Morgan fingerprint density at radius 2 is 1.78 bits per heavy atom. The van der Waals surface area contributed by atoms with Crippen LogP contribution in [0.5, 0.6) is 0 Å². The van der Waals surface area contributed by atoms with Gasteiger partial charge >= 0.3 is 0 Å². The van der Waals surface area contributed by atoms with Gasteiger partial charge in [-0.1, -0.05) is 0 Å². The third kappa shape index (κ3) is 5.43. The van der Waals surface area contributed by atoms with E-state index in [0.717, 1.165) is 40.9 Å². The van der Waals surface area contributed by atoms with Crippen LogP contribution in [0.3, 0.4) is 0 Å². The number of aromatic nitrogens is 4. The molecule has 0 aliphatic carbocycles. The van der Waals surface area contributed by atoms with Crippen molar-refractivity contribution in [3.63, 3.8) is 0 Å². The fraction of sp³-hybridized carbons (Fsp3) is 0.522. The lowest BCUT2D eigenvalue weighted by atomic mass is 10.2. The van der Waals surface area contributed by atoms with Gasteiger partial charge in [0.2, 0.25) is 5.95 Å². The summed E-state index contributed by atoms with van der Waals surface area (Å²) in [5, 5.41) is -1.08. The number of piperazine rings is 1. The number of aldehydes is 1. The summed E-state index contributed by atoms with van der Waals surface area (Å²) in [6.07, 6.45) is 4.91. The number of ether oxygens (including phenoxy) is 1. The molecule has 0 spiro atoms. The Morgan fingerprint density at radius 3 is 2.41 bits per heavy atom. The number of hydrogen-bond donors (Lipinski definition) is 1. The van der Waals surface area contributed by atoms with Gasteiger partial charge in [0.25, 0.3) is 0 Å². The fourth-order valence-corrected chi connectivity index (χ4v) is 6.94. The minimum Gasteiger partial charge on any atom is -0.378 e. The molecule has 198 valence electrons. The monoisotopic (exact) mass is 546 g/mol. The number of nitrogens with two attached hydrogens (primary N) is 1. The second-order valence-electron chi connectivity index (χ2n) is 9.30. The van der Waals surface area contributed by atoms with Gasteiger partial charge in [-0.05, 0) is 12.5 Å². The van der Waals surface area contributed by atoms with Crippen LogP contribution in [0.2, 0.25) is 0 Å². The number of anilines is 2. The molecule has 14 heteroatoms. The molecule has 2 aliphatic rings. The number of carbonyl (C=O) groups excluding carboxylic acids is 1. The first-order valence-electron chi connectivity index (χ1n) is 12.1. The molecule has 2 aliphatic heterocycles. The second-order valence-corrected chi connectivity index (χ2v) is 12.5. The largest absolute Gasteiger partial charge is 0.378 e. The quantitative estimate of drug-likeness (QED) is 0.413. The van der Waals surface area contributed by atoms with Gasteiger partial charge < -0.3 is 20.2 Å². The van der Waals surface area contributed by atoms with Crippen LogP contribution in [-0.4, -0.2) is 109 Å². The van der Waals surface area contributed by atoms with Gasteiger partial charge in [0.15, 0.2) is 33.1 Å². The van der Waals surface area contributed by atoms with E-state index in [4.69, 9.17) is 20.4 Å². The summed E-state index contributed by atoms with van der Waals surface area (Å²) >= 11 is 1.69. The number of nitrogen functional groups attached to an aromatic ring is 1. The van der Waals surface area contributed by atoms with Crippen molar-refractivity contribution in [1.82, 2.24) is 29.7 Å². The topological polar surface area (TPSA) is 148 Å². The average Bonchev–Trinajstić information content (AvgIpc) is 3.20. The highest BCUT2D eigenvalue weighted by atomic mass is 32.2. The van der Waals surface area contributed by atoms with Crippen LogP contribution in [0.1, 0.15) is 10.4 Å². The first-order chi connectivity index (χ1) is 17.7. The van der Waals surface area contributed by atoms with Gasteiger partial charge in [-0.25, -0.2) is 28.4 Å². The molecule has 0 radical (unpaired) electrons. The summed E-state index contributed by atoms with van der Waals surface area (Å²) in [6.45, 7) is 7.94. The van der Waals surface area contributed by atoms with Crippen LogP contribution in [0.4, 0.5) is 11.8 Å². The van der Waals surface area contributed by atoms with E-state index in [1.54, 1.807) is 28.6 Å². The Balaban J connectivity index is 1.44. The molecular formula is C23H30N8O4S2. The van der Waals surface area contributed by atoms with Gasteiger partial charge in [0.1, 0.15) is 0 Å². The number of rotatable bonds is 7. The molecule has 0 bridgehead atoms. The van der Waals surface area contributed by atoms with E-state index < -0.39 is 15.2 Å². The minimum absolute atomic E-state index is 0.198. The summed E-state index contributed by atoms with van der Waals surface area (Å²) in [4.78, 5) is 36.9. The van der Waals surface area contributed by atoms with Gasteiger partial charge in [-0.3, -0.25) is 9.80 Å². The lowest BCUT2D eigenvalue weighted by molar-refractivity contribution is -0.110. The Hall–Kier alpha value is -2.78. The molecule has 0 aromatic carbocycles. The summed E-state index contributed by atoms with van der Waals surface area (Å²) in [7, 11) is -3.46. The summed E-state index contributed by atoms with van der Waals surface area (Å²) < 4.78 is 30.5. The molecule has 0 amide bonds. The lowest BCUT2D eigenvalue weighted by Crippen LogP contribution is -2.52. The standard InChI is InChI=1S/C23H30N8O4S2/c1-15-17(13-29-3-5-30(6-4-29)18(14-32)37(2,33)34)36-20-19(15)27-21(16-11-25-23(24)26-12-16)28-22(20)31-7-9-35-10-8-31/h11-12,14,18H,3-10,13H2,1-2H3,(H2,24,25,26). The van der Waals surface area contributed by atoms with E-state index in [9.17, 15) is 13.2 Å². The molecular weight excluding hydrogens is 516 g/mol. The van der Waals surface area contributed by atoms with Crippen LogP contribution >= 0.6 is 11.3 Å². The Bertz CT molecular complexity index is 1380. The number of fused-ring (bicyclic) bond motifs is 1. The van der Waals surface area contributed by atoms with E-state index >= 15 is 0 Å². The van der Waals surface area contributed by atoms with Crippen molar-refractivity contribution >= 4 is 49.4 Å². The highest BCUT2D eigenvalue weighted by molar-refractivity contribution is 7.91. The number of aryl methyl sites for hydroxylation is 1. The van der Waals surface area contributed by atoms with Crippen LogP contribution in [0, 0.1) is 6.92 Å². The SMILES string of the molecule is Cc1c(CN2CCN(C(C=O)S(C)(=O)=O)CC2)sc2c(N3CCOCC3)nc(-c3cnc(N)nc3)nc12. The molecule has 3 aromatic rings. The zero-order chi connectivity index (χ0) is 26.2. The Kier molecular flexibility index (Phi) is 7.36. The molecule has 5 rings (SSSR count). The number of thiophene rings is 1.